The summed E-state index contributed by atoms with van der Waals surface area (Å²) in [5.41, 5.74) is 8.48. The molecule has 8 nitrogen and oxygen atoms in total. The molecular weight excluding hydrogens is 729 g/mol. The lowest BCUT2D eigenvalue weighted by atomic mass is 9.50. The van der Waals surface area contributed by atoms with Crippen LogP contribution in [0.4, 0.5) is 22.7 Å². The minimum absolute atomic E-state index is 0.178. The molecule has 2 aliphatic heterocycles. The Morgan fingerprint density at radius 2 is 1.22 bits per heavy atom. The van der Waals surface area contributed by atoms with Gasteiger partial charge in [0, 0.05) is 45.9 Å². The smallest absolute Gasteiger partial charge is 0.457 e. The number of pyridine rings is 1. The third-order valence-electron chi connectivity index (χ3n) is 11.2. The van der Waals surface area contributed by atoms with Crippen LogP contribution in [-0.2, 0) is 19.1 Å². The summed E-state index contributed by atoms with van der Waals surface area (Å²) in [5.74, 6) is 2.37. The molecule has 0 unspecified atom stereocenters. The second-order valence-corrected chi connectivity index (χ2v) is 18.9. The summed E-state index contributed by atoms with van der Waals surface area (Å²) >= 11 is 0. The average Bonchev–Trinajstić information content (AvgIpc) is 3.76. The number of fused-ring (bicyclic) bond motifs is 4. The lowest BCUT2D eigenvalue weighted by Gasteiger charge is -2.42. The van der Waals surface area contributed by atoms with Gasteiger partial charge in [-0.25, -0.2) is 4.98 Å². The van der Waals surface area contributed by atoms with Crippen LogP contribution in [0.25, 0.3) is 27.6 Å². The Hall–Kier alpha value is -5.48. The molecule has 0 atom stereocenters. The Labute approximate surface area is 349 Å². The van der Waals surface area contributed by atoms with Crippen molar-refractivity contribution in [3.63, 3.8) is 0 Å². The first-order chi connectivity index (χ1) is 28.1. The monoisotopic (exact) mass is 780 g/mol. The summed E-state index contributed by atoms with van der Waals surface area (Å²) < 4.78 is 28.9. The highest BCUT2D eigenvalue weighted by Crippen LogP contribution is 2.48. The zero-order valence-electron chi connectivity index (χ0n) is 35.6. The van der Waals surface area contributed by atoms with E-state index in [2.05, 4.69) is 180 Å². The number of anilines is 4. The third-order valence-corrected chi connectivity index (χ3v) is 11.2. The van der Waals surface area contributed by atoms with Gasteiger partial charge >= 0.3 is 21.4 Å². The van der Waals surface area contributed by atoms with E-state index in [4.69, 9.17) is 23.4 Å². The summed E-state index contributed by atoms with van der Waals surface area (Å²) in [5, 5.41) is 1.80. The van der Waals surface area contributed by atoms with Crippen LogP contribution in [0.15, 0.2) is 134 Å². The topological polar surface area (TPSA) is 61.2 Å². The van der Waals surface area contributed by atoms with Crippen molar-refractivity contribution in [3.05, 3.63) is 139 Å². The fourth-order valence-corrected chi connectivity index (χ4v) is 8.28. The normalized spacial score (nSPS) is 15.1. The molecule has 1 saturated heterocycles. The van der Waals surface area contributed by atoms with Crippen molar-refractivity contribution in [1.29, 1.82) is 0 Å². The Balaban J connectivity index is 1.09. The first-order valence-electron chi connectivity index (χ1n) is 20.6. The van der Waals surface area contributed by atoms with Crippen molar-refractivity contribution in [3.8, 4) is 17.3 Å². The number of aromatic nitrogens is 2. The quantitative estimate of drug-likeness (QED) is 0.156. The van der Waals surface area contributed by atoms with E-state index in [1.807, 2.05) is 30.5 Å². The van der Waals surface area contributed by atoms with E-state index in [1.54, 1.807) is 0 Å². The largest absolute Gasteiger partial charge is 0.468 e. The highest BCUT2D eigenvalue weighted by atomic mass is 16.7. The standard InChI is InChI=1S/C48H51B3N4O4/c1-46(2,3)38-21-17-22-39(49-57-50(47(4,5)6)59-51(58-49)48(7,8)9)45(38)54-32-53(41-24-12-13-25-42(41)54)33-18-16-19-34(30-33)56-35-27-28-37-36-20-10-11-23-40(36)55(43(37)31-35)44-26-14-15-29-52-44/h10-31H,32H2,1-9H3. The third kappa shape index (κ3) is 7.30. The minimum Gasteiger partial charge on any atom is -0.457 e. The van der Waals surface area contributed by atoms with Gasteiger partial charge in [0.2, 0.25) is 0 Å². The van der Waals surface area contributed by atoms with E-state index in [-0.39, 0.29) is 16.0 Å². The number of nitrogens with zero attached hydrogens (tertiary/aromatic N) is 4. The SMILES string of the molecule is CC(C)(C)B1OB(c2cccc(C(C)(C)C)c2N2CN(c3cccc(Oc4ccc5c6ccccc6n(-c6ccccn6)c5c4)c3)c3ccccc32)OB(C(C)(C)C)O1. The summed E-state index contributed by atoms with van der Waals surface area (Å²) in [7, 11) is -1.55. The van der Waals surface area contributed by atoms with Crippen LogP contribution in [0.1, 0.15) is 67.9 Å². The van der Waals surface area contributed by atoms with Gasteiger partial charge in [0.15, 0.2) is 0 Å². The van der Waals surface area contributed by atoms with Crippen molar-refractivity contribution in [2.45, 2.75) is 78.4 Å². The fraction of sp³-hybridized carbons (Fsp3) is 0.271. The van der Waals surface area contributed by atoms with Crippen LogP contribution in [0, 0.1) is 0 Å². The molecule has 0 radical (unpaired) electrons. The maximum absolute atomic E-state index is 6.77. The highest BCUT2D eigenvalue weighted by molar-refractivity contribution is 6.81. The molecule has 2 aliphatic rings. The molecule has 0 N–H and O–H groups in total. The van der Waals surface area contributed by atoms with Crippen LogP contribution in [0.5, 0.6) is 11.5 Å². The van der Waals surface area contributed by atoms with E-state index < -0.39 is 21.4 Å². The first-order valence-corrected chi connectivity index (χ1v) is 20.6. The zero-order valence-corrected chi connectivity index (χ0v) is 35.6. The summed E-state index contributed by atoms with van der Waals surface area (Å²) in [6.45, 7) is 20.3. The Morgan fingerprint density at radius 3 is 1.92 bits per heavy atom. The van der Waals surface area contributed by atoms with Gasteiger partial charge in [0.05, 0.1) is 22.4 Å². The van der Waals surface area contributed by atoms with Crippen LogP contribution in [0.2, 0.25) is 10.6 Å². The lowest BCUT2D eigenvalue weighted by Crippen LogP contribution is -2.59. The van der Waals surface area contributed by atoms with Gasteiger partial charge < -0.3 is 28.3 Å². The second kappa shape index (κ2) is 14.7. The maximum Gasteiger partial charge on any atom is 0.468 e. The fourth-order valence-electron chi connectivity index (χ4n) is 8.28. The summed E-state index contributed by atoms with van der Waals surface area (Å²) in [4.78, 5) is 9.48. The van der Waals surface area contributed by atoms with Crippen LogP contribution in [-0.4, -0.2) is 37.6 Å². The zero-order chi connectivity index (χ0) is 41.3. The van der Waals surface area contributed by atoms with Gasteiger partial charge in [-0.1, -0.05) is 123 Å². The predicted octanol–water partition coefficient (Wildman–Crippen LogP) is 11.9. The molecule has 7 aromatic rings. The lowest BCUT2D eigenvalue weighted by molar-refractivity contribution is 0.250. The Kier molecular flexibility index (Phi) is 9.69. The van der Waals surface area contributed by atoms with Crippen molar-refractivity contribution >= 4 is 71.4 Å². The van der Waals surface area contributed by atoms with Crippen molar-refractivity contribution in [1.82, 2.24) is 9.55 Å². The molecule has 296 valence electrons. The van der Waals surface area contributed by atoms with Gasteiger partial charge in [0.25, 0.3) is 0 Å². The van der Waals surface area contributed by atoms with E-state index in [0.717, 1.165) is 61.9 Å². The summed E-state index contributed by atoms with van der Waals surface area (Å²) in [6.07, 6.45) is 1.83. The Bertz CT molecular complexity index is 2640. The maximum atomic E-state index is 6.77. The van der Waals surface area contributed by atoms with Gasteiger partial charge in [0.1, 0.15) is 24.0 Å². The van der Waals surface area contributed by atoms with Gasteiger partial charge in [-0.3, -0.25) is 4.57 Å². The van der Waals surface area contributed by atoms with Crippen molar-refractivity contribution in [2.75, 3.05) is 16.5 Å². The first kappa shape index (κ1) is 39.0. The van der Waals surface area contributed by atoms with Crippen LogP contribution >= 0.6 is 0 Å². The molecule has 59 heavy (non-hydrogen) atoms. The molecule has 0 amide bonds. The number of para-hydroxylation sites is 4. The van der Waals surface area contributed by atoms with Crippen LogP contribution in [0.3, 0.4) is 0 Å². The van der Waals surface area contributed by atoms with Gasteiger partial charge in [-0.2, -0.15) is 0 Å². The number of benzene rings is 5. The molecular formula is C48H51B3N4O4. The van der Waals surface area contributed by atoms with Gasteiger partial charge in [-0.05, 0) is 76.2 Å². The predicted molar refractivity (Wildman–Crippen MR) is 245 cm³/mol. The molecule has 0 spiro atoms. The van der Waals surface area contributed by atoms with E-state index in [1.165, 1.54) is 10.9 Å². The molecule has 5 aromatic carbocycles. The van der Waals surface area contributed by atoms with E-state index in [9.17, 15) is 0 Å². The molecule has 2 aromatic heterocycles. The molecule has 4 heterocycles. The van der Waals surface area contributed by atoms with E-state index in [0.29, 0.717) is 6.67 Å². The number of rotatable bonds is 6. The van der Waals surface area contributed by atoms with Gasteiger partial charge in [-0.15, -0.1) is 0 Å². The minimum atomic E-state index is -0.638. The second-order valence-electron chi connectivity index (χ2n) is 18.9. The molecule has 1 fully saturated rings. The van der Waals surface area contributed by atoms with E-state index >= 15 is 0 Å². The highest BCUT2D eigenvalue weighted by Gasteiger charge is 2.52. The molecule has 11 heteroatoms. The van der Waals surface area contributed by atoms with Crippen LogP contribution < -0.4 is 20.0 Å². The molecule has 0 saturated carbocycles. The number of hydrogen-bond donors (Lipinski definition) is 0. The molecule has 9 rings (SSSR count). The molecule has 0 bridgehead atoms. The number of hydrogen-bond acceptors (Lipinski definition) is 7. The Morgan fingerprint density at radius 1 is 0.576 bits per heavy atom. The summed E-state index contributed by atoms with van der Waals surface area (Å²) in [6, 6.07) is 44.3. The average molecular weight is 780 g/mol. The van der Waals surface area contributed by atoms with Crippen molar-refractivity contribution in [2.24, 2.45) is 0 Å². The van der Waals surface area contributed by atoms with Crippen molar-refractivity contribution < 1.29 is 18.5 Å². The number of ether oxygens (including phenoxy) is 1. The molecule has 0 aliphatic carbocycles.